The van der Waals surface area contributed by atoms with Gasteiger partial charge < -0.3 is 4.90 Å². The number of piperidine rings is 1. The molecule has 1 aromatic carbocycles. The van der Waals surface area contributed by atoms with Crippen LogP contribution in [0.15, 0.2) is 30.7 Å². The fourth-order valence-electron chi connectivity index (χ4n) is 3.34. The Bertz CT molecular complexity index is 880. The molecule has 2 aromatic heterocycles. The third-order valence-electron chi connectivity index (χ3n) is 4.81. The van der Waals surface area contributed by atoms with E-state index in [1.807, 2.05) is 36.0 Å². The van der Waals surface area contributed by atoms with Gasteiger partial charge >= 0.3 is 0 Å². The molecule has 0 amide bonds. The smallest absolute Gasteiger partial charge is 0.168 e. The summed E-state index contributed by atoms with van der Waals surface area (Å²) in [7, 11) is 0. The zero-order valence-corrected chi connectivity index (χ0v) is 14.7. The predicted molar refractivity (Wildman–Crippen MR) is 97.0 cm³/mol. The van der Waals surface area contributed by atoms with Crippen molar-refractivity contribution in [1.29, 1.82) is 0 Å². The van der Waals surface area contributed by atoms with Crippen LogP contribution in [0.4, 0.5) is 5.82 Å². The summed E-state index contributed by atoms with van der Waals surface area (Å²) < 4.78 is 1.87. The molecular weight excluding hydrogens is 322 g/mol. The van der Waals surface area contributed by atoms with Crippen LogP contribution in [0.25, 0.3) is 16.7 Å². The van der Waals surface area contributed by atoms with E-state index >= 15 is 0 Å². The lowest BCUT2D eigenvalue weighted by Gasteiger charge is -2.31. The van der Waals surface area contributed by atoms with Crippen LogP contribution < -0.4 is 4.90 Å². The molecular formula is C18H20ClN5. The molecule has 0 saturated carbocycles. The Morgan fingerprint density at radius 1 is 1.17 bits per heavy atom. The summed E-state index contributed by atoms with van der Waals surface area (Å²) in [6.07, 6.45) is 5.92. The maximum atomic E-state index is 6.07. The third kappa shape index (κ3) is 2.63. The van der Waals surface area contributed by atoms with Gasteiger partial charge in [0, 0.05) is 18.1 Å². The first-order chi connectivity index (χ1) is 11.6. The van der Waals surface area contributed by atoms with Crippen molar-refractivity contribution in [2.75, 3.05) is 18.0 Å². The van der Waals surface area contributed by atoms with Gasteiger partial charge in [-0.2, -0.15) is 5.10 Å². The molecule has 1 aliphatic heterocycles. The Morgan fingerprint density at radius 2 is 1.96 bits per heavy atom. The number of rotatable bonds is 2. The molecule has 124 valence electrons. The van der Waals surface area contributed by atoms with Crippen LogP contribution in [0.1, 0.15) is 25.3 Å². The van der Waals surface area contributed by atoms with Gasteiger partial charge in [0.25, 0.3) is 0 Å². The van der Waals surface area contributed by atoms with Gasteiger partial charge in [0.15, 0.2) is 5.65 Å². The van der Waals surface area contributed by atoms with Gasteiger partial charge in [-0.3, -0.25) is 0 Å². The van der Waals surface area contributed by atoms with Crippen molar-refractivity contribution < 1.29 is 0 Å². The molecule has 6 heteroatoms. The van der Waals surface area contributed by atoms with Crippen molar-refractivity contribution in [3.05, 3.63) is 41.3 Å². The molecule has 3 heterocycles. The number of anilines is 1. The van der Waals surface area contributed by atoms with Gasteiger partial charge in [-0.25, -0.2) is 14.6 Å². The van der Waals surface area contributed by atoms with Crippen LogP contribution in [0.3, 0.4) is 0 Å². The first kappa shape index (κ1) is 15.4. The highest BCUT2D eigenvalue weighted by Crippen LogP contribution is 2.29. The van der Waals surface area contributed by atoms with Crippen molar-refractivity contribution in [2.45, 2.75) is 26.7 Å². The van der Waals surface area contributed by atoms with Crippen molar-refractivity contribution in [1.82, 2.24) is 19.7 Å². The van der Waals surface area contributed by atoms with E-state index < -0.39 is 0 Å². The van der Waals surface area contributed by atoms with Crippen molar-refractivity contribution in [2.24, 2.45) is 5.92 Å². The summed E-state index contributed by atoms with van der Waals surface area (Å²) >= 11 is 6.07. The summed E-state index contributed by atoms with van der Waals surface area (Å²) in [5.74, 6) is 1.78. The fourth-order valence-corrected chi connectivity index (χ4v) is 3.56. The van der Waals surface area contributed by atoms with Crippen molar-refractivity contribution >= 4 is 28.5 Å². The molecule has 0 N–H and O–H groups in total. The molecule has 24 heavy (non-hydrogen) atoms. The predicted octanol–water partition coefficient (Wildman–Crippen LogP) is 4.01. The maximum Gasteiger partial charge on any atom is 0.168 e. The van der Waals surface area contributed by atoms with Crippen LogP contribution in [0.5, 0.6) is 0 Å². The number of nitrogens with zero attached hydrogens (tertiary/aromatic N) is 5. The summed E-state index contributed by atoms with van der Waals surface area (Å²) in [5.41, 5.74) is 2.90. The average molecular weight is 342 g/mol. The lowest BCUT2D eigenvalue weighted by atomic mass is 9.99. The van der Waals surface area contributed by atoms with Crippen LogP contribution in [0, 0.1) is 12.8 Å². The molecule has 3 aromatic rings. The minimum absolute atomic E-state index is 0.727. The van der Waals surface area contributed by atoms with E-state index in [9.17, 15) is 0 Å². The van der Waals surface area contributed by atoms with E-state index in [4.69, 9.17) is 11.6 Å². The molecule has 1 saturated heterocycles. The van der Waals surface area contributed by atoms with E-state index in [-0.39, 0.29) is 0 Å². The Morgan fingerprint density at radius 3 is 2.71 bits per heavy atom. The Balaban J connectivity index is 1.79. The number of aromatic nitrogens is 4. The fraction of sp³-hybridized carbons (Fsp3) is 0.389. The summed E-state index contributed by atoms with van der Waals surface area (Å²) in [4.78, 5) is 11.4. The quantitative estimate of drug-likeness (QED) is 0.706. The lowest BCUT2D eigenvalue weighted by molar-refractivity contribution is 0.437. The average Bonchev–Trinajstić information content (AvgIpc) is 3.00. The topological polar surface area (TPSA) is 46.8 Å². The first-order valence-corrected chi connectivity index (χ1v) is 8.71. The summed E-state index contributed by atoms with van der Waals surface area (Å²) in [5, 5.41) is 6.30. The maximum absolute atomic E-state index is 6.07. The zero-order chi connectivity index (χ0) is 16.7. The van der Waals surface area contributed by atoms with Crippen molar-refractivity contribution in [3.8, 4) is 5.69 Å². The molecule has 4 rings (SSSR count). The highest BCUT2D eigenvalue weighted by atomic mass is 35.5. The summed E-state index contributed by atoms with van der Waals surface area (Å²) in [6.45, 7) is 6.42. The second-order valence-corrected chi connectivity index (χ2v) is 7.03. The third-order valence-corrected chi connectivity index (χ3v) is 5.05. The Labute approximate surface area is 146 Å². The van der Waals surface area contributed by atoms with E-state index in [0.717, 1.165) is 52.1 Å². The minimum atomic E-state index is 0.727. The number of halogens is 1. The van der Waals surface area contributed by atoms with E-state index in [2.05, 4.69) is 26.9 Å². The SMILES string of the molecule is Cc1cc(Cl)ccc1-n1ncc2c(N3CCC(C)CC3)ncnc21. The first-order valence-electron chi connectivity index (χ1n) is 8.33. The number of hydrogen-bond acceptors (Lipinski definition) is 4. The van der Waals surface area contributed by atoms with Gasteiger partial charge in [0.05, 0.1) is 17.3 Å². The number of aryl methyl sites for hydroxylation is 1. The Hall–Kier alpha value is -2.14. The summed E-state index contributed by atoms with van der Waals surface area (Å²) in [6, 6.07) is 5.80. The molecule has 0 spiro atoms. The molecule has 0 radical (unpaired) electrons. The molecule has 0 unspecified atom stereocenters. The molecule has 0 atom stereocenters. The number of benzene rings is 1. The van der Waals surface area contributed by atoms with Gasteiger partial charge in [-0.15, -0.1) is 0 Å². The highest BCUT2D eigenvalue weighted by molar-refractivity contribution is 6.30. The van der Waals surface area contributed by atoms with E-state index in [0.29, 0.717) is 0 Å². The van der Waals surface area contributed by atoms with Gasteiger partial charge in [0.2, 0.25) is 0 Å². The van der Waals surface area contributed by atoms with E-state index in [1.165, 1.54) is 12.8 Å². The monoisotopic (exact) mass is 341 g/mol. The van der Waals surface area contributed by atoms with Crippen LogP contribution >= 0.6 is 11.6 Å². The van der Waals surface area contributed by atoms with Crippen LogP contribution in [-0.2, 0) is 0 Å². The highest BCUT2D eigenvalue weighted by Gasteiger charge is 2.21. The number of hydrogen-bond donors (Lipinski definition) is 0. The largest absolute Gasteiger partial charge is 0.356 e. The molecule has 0 bridgehead atoms. The molecule has 0 aliphatic carbocycles. The minimum Gasteiger partial charge on any atom is -0.356 e. The van der Waals surface area contributed by atoms with Gasteiger partial charge in [-0.05, 0) is 49.4 Å². The van der Waals surface area contributed by atoms with Crippen LogP contribution in [0.2, 0.25) is 5.02 Å². The van der Waals surface area contributed by atoms with Gasteiger partial charge in [0.1, 0.15) is 12.1 Å². The number of fused-ring (bicyclic) bond motifs is 1. The second-order valence-electron chi connectivity index (χ2n) is 6.59. The zero-order valence-electron chi connectivity index (χ0n) is 13.9. The van der Waals surface area contributed by atoms with Gasteiger partial charge in [-0.1, -0.05) is 18.5 Å². The molecule has 1 fully saturated rings. The lowest BCUT2D eigenvalue weighted by Crippen LogP contribution is -2.33. The van der Waals surface area contributed by atoms with E-state index in [1.54, 1.807) is 6.33 Å². The Kier molecular flexibility index (Phi) is 3.88. The molecule has 5 nitrogen and oxygen atoms in total. The standard InChI is InChI=1S/C18H20ClN5/c1-12-5-7-23(8-6-12)17-15-10-22-24(18(15)21-11-20-17)16-4-3-14(19)9-13(16)2/h3-4,9-12H,5-8H2,1-2H3. The molecule has 1 aliphatic rings. The van der Waals surface area contributed by atoms with Crippen LogP contribution in [-0.4, -0.2) is 32.8 Å². The normalized spacial score (nSPS) is 16.0. The second kappa shape index (κ2) is 6.06. The van der Waals surface area contributed by atoms with Crippen molar-refractivity contribution in [3.63, 3.8) is 0 Å².